The molecule has 0 amide bonds. The largest absolute Gasteiger partial charge is 0.466 e. The van der Waals surface area contributed by atoms with Crippen LogP contribution in [0, 0.1) is 0 Å². The lowest BCUT2D eigenvalue weighted by Gasteiger charge is -1.98. The third kappa shape index (κ3) is 2.78. The average Bonchev–Trinajstić information content (AvgIpc) is 2.19. The van der Waals surface area contributed by atoms with Crippen molar-refractivity contribution in [1.82, 2.24) is 0 Å². The van der Waals surface area contributed by atoms with Crippen LogP contribution in [-0.4, -0.2) is 13.1 Å². The Labute approximate surface area is 87.1 Å². The van der Waals surface area contributed by atoms with Gasteiger partial charge in [0.2, 0.25) is 0 Å². The fraction of sp³-hybridized carbons (Fsp3) is 0.100. The Morgan fingerprint density at radius 1 is 1.57 bits per heavy atom. The van der Waals surface area contributed by atoms with E-state index in [9.17, 15) is 4.79 Å². The summed E-state index contributed by atoms with van der Waals surface area (Å²) in [6.07, 6.45) is 2.93. The highest BCUT2D eigenvalue weighted by molar-refractivity contribution is 6.33. The van der Waals surface area contributed by atoms with Crippen molar-refractivity contribution in [1.29, 1.82) is 0 Å². The summed E-state index contributed by atoms with van der Waals surface area (Å²) in [6, 6.07) is 5.12. The molecular formula is C10H10ClNO2. The van der Waals surface area contributed by atoms with E-state index < -0.39 is 5.97 Å². The van der Waals surface area contributed by atoms with Gasteiger partial charge in [0.15, 0.2) is 0 Å². The van der Waals surface area contributed by atoms with Crippen molar-refractivity contribution in [2.75, 3.05) is 12.8 Å². The summed E-state index contributed by atoms with van der Waals surface area (Å²) in [5, 5.41) is 0.500. The summed E-state index contributed by atoms with van der Waals surface area (Å²) in [4.78, 5) is 10.8. The second-order valence-electron chi connectivity index (χ2n) is 2.64. The molecule has 0 aliphatic heterocycles. The van der Waals surface area contributed by atoms with Crippen LogP contribution in [0.3, 0.4) is 0 Å². The molecule has 0 unspecified atom stereocenters. The third-order valence-electron chi connectivity index (χ3n) is 1.63. The number of hydrogen-bond acceptors (Lipinski definition) is 3. The third-order valence-corrected chi connectivity index (χ3v) is 1.98. The minimum absolute atomic E-state index is 0.404. The van der Waals surface area contributed by atoms with Crippen LogP contribution in [0.15, 0.2) is 24.3 Å². The van der Waals surface area contributed by atoms with E-state index in [2.05, 4.69) is 4.74 Å². The van der Waals surface area contributed by atoms with E-state index in [1.807, 2.05) is 0 Å². The van der Waals surface area contributed by atoms with Crippen molar-refractivity contribution < 1.29 is 9.53 Å². The van der Waals surface area contributed by atoms with Gasteiger partial charge < -0.3 is 10.5 Å². The first kappa shape index (κ1) is 10.6. The molecule has 1 aromatic rings. The number of anilines is 1. The lowest BCUT2D eigenvalue weighted by atomic mass is 10.2. The first-order valence-electron chi connectivity index (χ1n) is 3.94. The maximum atomic E-state index is 10.8. The summed E-state index contributed by atoms with van der Waals surface area (Å²) in [5.41, 5.74) is 6.87. The standard InChI is InChI=1S/C10H10ClNO2/c1-14-10(13)5-3-7-2-4-8(11)9(12)6-7/h2-6H,12H2,1H3/b5-3+. The molecule has 0 saturated carbocycles. The number of esters is 1. The van der Waals surface area contributed by atoms with Crippen LogP contribution in [0.5, 0.6) is 0 Å². The van der Waals surface area contributed by atoms with Gasteiger partial charge in [-0.15, -0.1) is 0 Å². The van der Waals surface area contributed by atoms with E-state index in [1.165, 1.54) is 13.2 Å². The number of ether oxygens (including phenoxy) is 1. The average molecular weight is 212 g/mol. The maximum absolute atomic E-state index is 10.8. The molecule has 0 heterocycles. The zero-order chi connectivity index (χ0) is 10.6. The van der Waals surface area contributed by atoms with Gasteiger partial charge in [0.1, 0.15) is 0 Å². The Kier molecular flexibility index (Phi) is 3.54. The van der Waals surface area contributed by atoms with E-state index in [1.54, 1.807) is 24.3 Å². The number of methoxy groups -OCH3 is 1. The highest BCUT2D eigenvalue weighted by Gasteiger charge is 1.96. The summed E-state index contributed by atoms with van der Waals surface area (Å²) in [7, 11) is 1.32. The molecular weight excluding hydrogens is 202 g/mol. The molecule has 0 fully saturated rings. The summed E-state index contributed by atoms with van der Waals surface area (Å²) < 4.78 is 4.44. The van der Waals surface area contributed by atoms with E-state index in [0.29, 0.717) is 10.7 Å². The Morgan fingerprint density at radius 2 is 2.29 bits per heavy atom. The van der Waals surface area contributed by atoms with E-state index in [-0.39, 0.29) is 0 Å². The number of hydrogen-bond donors (Lipinski definition) is 1. The molecule has 74 valence electrons. The van der Waals surface area contributed by atoms with E-state index in [0.717, 1.165) is 5.56 Å². The molecule has 0 atom stereocenters. The second-order valence-corrected chi connectivity index (χ2v) is 3.04. The van der Waals surface area contributed by atoms with Gasteiger partial charge in [-0.3, -0.25) is 0 Å². The molecule has 0 radical (unpaired) electrons. The van der Waals surface area contributed by atoms with Gasteiger partial charge in [-0.25, -0.2) is 4.79 Å². The van der Waals surface area contributed by atoms with Crippen LogP contribution < -0.4 is 5.73 Å². The first-order valence-corrected chi connectivity index (χ1v) is 4.32. The summed E-state index contributed by atoms with van der Waals surface area (Å²) in [5.74, 6) is -0.404. The van der Waals surface area contributed by atoms with Crippen LogP contribution in [0.4, 0.5) is 5.69 Å². The number of nitrogens with two attached hydrogens (primary N) is 1. The van der Waals surface area contributed by atoms with Crippen molar-refractivity contribution in [3.05, 3.63) is 34.9 Å². The van der Waals surface area contributed by atoms with Crippen molar-refractivity contribution in [3.63, 3.8) is 0 Å². The SMILES string of the molecule is COC(=O)/C=C/c1ccc(Cl)c(N)c1. The van der Waals surface area contributed by atoms with Crippen molar-refractivity contribution in [3.8, 4) is 0 Å². The maximum Gasteiger partial charge on any atom is 0.330 e. The van der Waals surface area contributed by atoms with Crippen LogP contribution in [0.25, 0.3) is 6.08 Å². The molecule has 2 N–H and O–H groups in total. The van der Waals surface area contributed by atoms with Crippen molar-refractivity contribution >= 4 is 29.3 Å². The van der Waals surface area contributed by atoms with Crippen LogP contribution in [0.1, 0.15) is 5.56 Å². The van der Waals surface area contributed by atoms with Gasteiger partial charge in [0.05, 0.1) is 17.8 Å². The van der Waals surface area contributed by atoms with Crippen molar-refractivity contribution in [2.24, 2.45) is 0 Å². The molecule has 0 aliphatic rings. The molecule has 1 aromatic carbocycles. The van der Waals surface area contributed by atoms with Gasteiger partial charge in [-0.1, -0.05) is 17.7 Å². The molecule has 0 aromatic heterocycles. The molecule has 4 heteroatoms. The topological polar surface area (TPSA) is 52.3 Å². The van der Waals surface area contributed by atoms with E-state index >= 15 is 0 Å². The smallest absolute Gasteiger partial charge is 0.330 e. The van der Waals surface area contributed by atoms with Crippen molar-refractivity contribution in [2.45, 2.75) is 0 Å². The zero-order valence-electron chi connectivity index (χ0n) is 7.66. The number of carbonyl (C=O) groups is 1. The number of nitrogen functional groups attached to an aromatic ring is 1. The van der Waals surface area contributed by atoms with Crippen LogP contribution >= 0.6 is 11.6 Å². The number of rotatable bonds is 2. The number of benzene rings is 1. The molecule has 0 bridgehead atoms. The Bertz CT molecular complexity index is 374. The minimum atomic E-state index is -0.404. The molecule has 0 saturated heterocycles. The van der Waals surface area contributed by atoms with Crippen LogP contribution in [-0.2, 0) is 9.53 Å². The molecule has 3 nitrogen and oxygen atoms in total. The predicted octanol–water partition coefficient (Wildman–Crippen LogP) is 2.11. The van der Waals surface area contributed by atoms with Gasteiger partial charge in [-0.05, 0) is 23.8 Å². The highest BCUT2D eigenvalue weighted by atomic mass is 35.5. The lowest BCUT2D eigenvalue weighted by molar-refractivity contribution is -0.134. The fourth-order valence-corrected chi connectivity index (χ4v) is 1.02. The first-order chi connectivity index (χ1) is 6.63. The minimum Gasteiger partial charge on any atom is -0.466 e. The number of carbonyl (C=O) groups excluding carboxylic acids is 1. The Balaban J connectivity index is 2.83. The molecule has 0 aliphatic carbocycles. The lowest BCUT2D eigenvalue weighted by Crippen LogP contribution is -1.93. The van der Waals surface area contributed by atoms with Crippen LogP contribution in [0.2, 0.25) is 5.02 Å². The Morgan fingerprint density at radius 3 is 2.86 bits per heavy atom. The van der Waals surface area contributed by atoms with E-state index in [4.69, 9.17) is 17.3 Å². The van der Waals surface area contributed by atoms with Gasteiger partial charge >= 0.3 is 5.97 Å². The number of halogens is 1. The molecule has 14 heavy (non-hydrogen) atoms. The molecule has 0 spiro atoms. The Hall–Kier alpha value is -1.48. The monoisotopic (exact) mass is 211 g/mol. The highest BCUT2D eigenvalue weighted by Crippen LogP contribution is 2.19. The summed E-state index contributed by atoms with van der Waals surface area (Å²) in [6.45, 7) is 0. The fourth-order valence-electron chi connectivity index (χ4n) is 0.898. The quantitative estimate of drug-likeness (QED) is 0.463. The van der Waals surface area contributed by atoms with Gasteiger partial charge in [0, 0.05) is 6.08 Å². The van der Waals surface area contributed by atoms with Gasteiger partial charge in [-0.2, -0.15) is 0 Å². The normalized spacial score (nSPS) is 10.4. The summed E-state index contributed by atoms with van der Waals surface area (Å²) >= 11 is 5.73. The van der Waals surface area contributed by atoms with Gasteiger partial charge in [0.25, 0.3) is 0 Å². The zero-order valence-corrected chi connectivity index (χ0v) is 8.41. The second kappa shape index (κ2) is 4.67. The predicted molar refractivity (Wildman–Crippen MR) is 56.9 cm³/mol. The molecule has 1 rings (SSSR count).